The van der Waals surface area contributed by atoms with Crippen LogP contribution in [0, 0.1) is 5.82 Å². The van der Waals surface area contributed by atoms with Gasteiger partial charge >= 0.3 is 0 Å². The highest BCUT2D eigenvalue weighted by Gasteiger charge is 2.23. The Kier molecular flexibility index (Phi) is 5.25. The molecule has 24 heavy (non-hydrogen) atoms. The van der Waals surface area contributed by atoms with E-state index < -0.39 is 0 Å². The number of carbonyl (C=O) groups excluding carboxylic acids is 1. The van der Waals surface area contributed by atoms with Gasteiger partial charge in [0, 0.05) is 19.8 Å². The fourth-order valence-corrected chi connectivity index (χ4v) is 3.18. The van der Waals surface area contributed by atoms with Gasteiger partial charge < -0.3 is 9.88 Å². The second-order valence-corrected chi connectivity index (χ2v) is 6.30. The summed E-state index contributed by atoms with van der Waals surface area (Å²) >= 11 is 0. The van der Waals surface area contributed by atoms with Crippen LogP contribution in [-0.4, -0.2) is 40.0 Å². The van der Waals surface area contributed by atoms with E-state index in [0.717, 1.165) is 31.5 Å². The number of hydrogen-bond acceptors (Lipinski definition) is 3. The first-order valence-electron chi connectivity index (χ1n) is 8.39. The van der Waals surface area contributed by atoms with E-state index in [0.29, 0.717) is 12.2 Å². The van der Waals surface area contributed by atoms with E-state index in [2.05, 4.69) is 15.2 Å². The summed E-state index contributed by atoms with van der Waals surface area (Å²) in [5.74, 6) is -0.423. The van der Waals surface area contributed by atoms with Gasteiger partial charge in [-0.25, -0.2) is 9.37 Å². The molecule has 1 aliphatic rings. The first kappa shape index (κ1) is 16.6. The minimum Gasteiger partial charge on any atom is -0.349 e. The maximum atomic E-state index is 13.2. The van der Waals surface area contributed by atoms with E-state index >= 15 is 0 Å². The van der Waals surface area contributed by atoms with E-state index in [-0.39, 0.29) is 17.8 Å². The summed E-state index contributed by atoms with van der Waals surface area (Å²) in [7, 11) is 1.83. The third-order valence-corrected chi connectivity index (χ3v) is 4.48. The molecule has 0 saturated carbocycles. The molecular weight excluding hydrogens is 307 g/mol. The molecule has 0 bridgehead atoms. The Hall–Kier alpha value is -2.21. The number of aryl methyl sites for hydroxylation is 1. The monoisotopic (exact) mass is 330 g/mol. The van der Waals surface area contributed by atoms with E-state index in [1.54, 1.807) is 17.1 Å². The van der Waals surface area contributed by atoms with Gasteiger partial charge in [0.05, 0.1) is 12.4 Å². The molecule has 1 aliphatic heterocycles. The molecule has 1 aromatic carbocycles. The Balaban J connectivity index is 1.71. The Labute approximate surface area is 141 Å². The van der Waals surface area contributed by atoms with E-state index in [9.17, 15) is 9.18 Å². The number of aromatic nitrogens is 2. The van der Waals surface area contributed by atoms with Crippen LogP contribution in [0.1, 0.15) is 41.4 Å². The molecule has 1 amide bonds. The minimum absolute atomic E-state index is 0.0542. The van der Waals surface area contributed by atoms with Gasteiger partial charge in [-0.05, 0) is 43.6 Å². The Bertz CT molecular complexity index is 677. The minimum atomic E-state index is -0.242. The molecule has 128 valence electrons. The predicted octanol–water partition coefficient (Wildman–Crippen LogP) is 2.52. The fourth-order valence-electron chi connectivity index (χ4n) is 3.18. The number of rotatable bonds is 5. The van der Waals surface area contributed by atoms with Crippen LogP contribution in [0.4, 0.5) is 4.39 Å². The smallest absolute Gasteiger partial charge is 0.271 e. The number of piperidine rings is 1. The highest BCUT2D eigenvalue weighted by molar-refractivity contribution is 5.92. The SMILES string of the molecule is Cn1cnc(C(=O)NC[C@H](c2ccc(F)cc2)N2CCCCC2)c1. The lowest BCUT2D eigenvalue weighted by Gasteiger charge is -2.35. The summed E-state index contributed by atoms with van der Waals surface area (Å²) in [5, 5.41) is 2.97. The van der Waals surface area contributed by atoms with Crippen molar-refractivity contribution in [2.24, 2.45) is 7.05 Å². The van der Waals surface area contributed by atoms with Gasteiger partial charge in [-0.3, -0.25) is 9.69 Å². The summed E-state index contributed by atoms with van der Waals surface area (Å²) < 4.78 is 15.0. The van der Waals surface area contributed by atoms with Gasteiger partial charge in [0.1, 0.15) is 11.5 Å². The van der Waals surface area contributed by atoms with Crippen molar-refractivity contribution in [2.75, 3.05) is 19.6 Å². The third-order valence-electron chi connectivity index (χ3n) is 4.48. The van der Waals surface area contributed by atoms with E-state index in [1.165, 1.54) is 18.6 Å². The van der Waals surface area contributed by atoms with Crippen LogP contribution >= 0.6 is 0 Å². The van der Waals surface area contributed by atoms with Gasteiger partial charge in [0.2, 0.25) is 0 Å². The molecule has 3 rings (SSSR count). The molecule has 5 nitrogen and oxygen atoms in total. The summed E-state index contributed by atoms with van der Waals surface area (Å²) in [6.07, 6.45) is 6.87. The highest BCUT2D eigenvalue weighted by atomic mass is 19.1. The molecule has 1 aromatic heterocycles. The number of halogens is 1. The lowest BCUT2D eigenvalue weighted by molar-refractivity contribution is 0.0920. The van der Waals surface area contributed by atoms with Gasteiger partial charge in [-0.15, -0.1) is 0 Å². The standard InChI is InChI=1S/C18H23FN4O/c1-22-12-16(21-13-22)18(24)20-11-17(23-9-3-2-4-10-23)14-5-7-15(19)8-6-14/h5-8,12-13,17H,2-4,9-11H2,1H3,(H,20,24)/t17-/m1/s1. The number of nitrogens with one attached hydrogen (secondary N) is 1. The number of hydrogen-bond donors (Lipinski definition) is 1. The van der Waals surface area contributed by atoms with Gasteiger partial charge in [0.15, 0.2) is 0 Å². The second kappa shape index (κ2) is 7.57. The number of carbonyl (C=O) groups is 1. The van der Waals surface area contributed by atoms with E-state index in [1.807, 2.05) is 19.2 Å². The third kappa shape index (κ3) is 4.00. The normalized spacial score (nSPS) is 16.8. The molecule has 1 atom stereocenters. The van der Waals surface area contributed by atoms with Crippen LogP contribution in [0.5, 0.6) is 0 Å². The highest BCUT2D eigenvalue weighted by Crippen LogP contribution is 2.24. The lowest BCUT2D eigenvalue weighted by Crippen LogP contribution is -2.40. The molecular formula is C18H23FN4O. The summed E-state index contributed by atoms with van der Waals surface area (Å²) in [5.41, 5.74) is 1.44. The van der Waals surface area contributed by atoms with Crippen molar-refractivity contribution in [3.8, 4) is 0 Å². The molecule has 0 radical (unpaired) electrons. The number of amides is 1. The van der Waals surface area contributed by atoms with Crippen LogP contribution in [0.15, 0.2) is 36.8 Å². The molecule has 0 spiro atoms. The number of imidazole rings is 1. The topological polar surface area (TPSA) is 50.2 Å². The Morgan fingerprint density at radius 1 is 1.25 bits per heavy atom. The van der Waals surface area contributed by atoms with Crippen molar-refractivity contribution in [3.05, 3.63) is 53.9 Å². The van der Waals surface area contributed by atoms with Gasteiger partial charge in [-0.1, -0.05) is 18.6 Å². The van der Waals surface area contributed by atoms with Gasteiger partial charge in [-0.2, -0.15) is 0 Å². The van der Waals surface area contributed by atoms with Crippen LogP contribution in [-0.2, 0) is 7.05 Å². The quantitative estimate of drug-likeness (QED) is 0.916. The number of benzene rings is 1. The van der Waals surface area contributed by atoms with Crippen molar-refractivity contribution >= 4 is 5.91 Å². The zero-order valence-electron chi connectivity index (χ0n) is 13.9. The zero-order chi connectivity index (χ0) is 16.9. The van der Waals surface area contributed by atoms with Crippen LogP contribution in [0.2, 0.25) is 0 Å². The molecule has 2 aromatic rings. The predicted molar refractivity (Wildman–Crippen MR) is 90.1 cm³/mol. The molecule has 0 unspecified atom stereocenters. The van der Waals surface area contributed by atoms with Crippen molar-refractivity contribution in [1.29, 1.82) is 0 Å². The Morgan fingerprint density at radius 2 is 1.96 bits per heavy atom. The van der Waals surface area contributed by atoms with Crippen molar-refractivity contribution in [2.45, 2.75) is 25.3 Å². The molecule has 0 aliphatic carbocycles. The average Bonchev–Trinajstić information content (AvgIpc) is 3.04. The largest absolute Gasteiger partial charge is 0.349 e. The van der Waals surface area contributed by atoms with Gasteiger partial charge in [0.25, 0.3) is 5.91 Å². The van der Waals surface area contributed by atoms with Crippen LogP contribution in [0.3, 0.4) is 0 Å². The molecule has 6 heteroatoms. The summed E-state index contributed by atoms with van der Waals surface area (Å²) in [6.45, 7) is 2.49. The second-order valence-electron chi connectivity index (χ2n) is 6.30. The Morgan fingerprint density at radius 3 is 2.58 bits per heavy atom. The lowest BCUT2D eigenvalue weighted by atomic mass is 10.0. The summed E-state index contributed by atoms with van der Waals surface area (Å²) in [6, 6.07) is 6.63. The first-order chi connectivity index (χ1) is 11.6. The molecule has 1 N–H and O–H groups in total. The first-order valence-corrected chi connectivity index (χ1v) is 8.39. The molecule has 2 heterocycles. The average molecular weight is 330 g/mol. The summed E-state index contributed by atoms with van der Waals surface area (Å²) in [4.78, 5) is 18.7. The van der Waals surface area contributed by atoms with E-state index in [4.69, 9.17) is 0 Å². The molecule has 1 fully saturated rings. The molecule has 1 saturated heterocycles. The zero-order valence-corrected chi connectivity index (χ0v) is 13.9. The van der Waals surface area contributed by atoms with Crippen LogP contribution < -0.4 is 5.32 Å². The van der Waals surface area contributed by atoms with Crippen molar-refractivity contribution in [3.63, 3.8) is 0 Å². The van der Waals surface area contributed by atoms with Crippen molar-refractivity contribution < 1.29 is 9.18 Å². The fraction of sp³-hybridized carbons (Fsp3) is 0.444. The number of likely N-dealkylation sites (tertiary alicyclic amines) is 1. The van der Waals surface area contributed by atoms with Crippen molar-refractivity contribution in [1.82, 2.24) is 19.8 Å². The maximum Gasteiger partial charge on any atom is 0.271 e. The number of nitrogens with zero attached hydrogens (tertiary/aromatic N) is 3. The van der Waals surface area contributed by atoms with Crippen LogP contribution in [0.25, 0.3) is 0 Å². The maximum absolute atomic E-state index is 13.2.